The molecule has 5 nitrogen and oxygen atoms in total. The van der Waals surface area contributed by atoms with E-state index in [4.69, 9.17) is 16.3 Å². The van der Waals surface area contributed by atoms with Gasteiger partial charge >= 0.3 is 0 Å². The maximum atomic E-state index is 6.12. The number of halogens is 1. The van der Waals surface area contributed by atoms with E-state index in [1.54, 1.807) is 18.6 Å². The Balaban J connectivity index is 1.81. The summed E-state index contributed by atoms with van der Waals surface area (Å²) in [5.74, 6) is 0. The van der Waals surface area contributed by atoms with E-state index in [9.17, 15) is 0 Å². The van der Waals surface area contributed by atoms with Gasteiger partial charge in [-0.3, -0.25) is 9.67 Å². The molecule has 0 bridgehead atoms. The number of aryl methyl sites for hydroxylation is 1. The second-order valence-electron chi connectivity index (χ2n) is 4.57. The molecule has 6 heteroatoms. The van der Waals surface area contributed by atoms with Crippen LogP contribution in [-0.2, 0) is 11.8 Å². The topological polar surface area (TPSA) is 52.0 Å². The molecule has 0 spiro atoms. The average Bonchev–Trinajstić information content (AvgIpc) is 3.01. The molecule has 0 aliphatic carbocycles. The summed E-state index contributed by atoms with van der Waals surface area (Å²) in [4.78, 5) is 3.99. The van der Waals surface area contributed by atoms with Crippen molar-refractivity contribution in [2.45, 2.75) is 18.6 Å². The molecule has 19 heavy (non-hydrogen) atoms. The Morgan fingerprint density at radius 2 is 2.32 bits per heavy atom. The lowest BCUT2D eigenvalue weighted by Crippen LogP contribution is -2.25. The van der Waals surface area contributed by atoms with Gasteiger partial charge in [-0.1, -0.05) is 11.6 Å². The SMILES string of the molecule is Cn1nccc1[C@H]1OCC[C@@H]1Nc1ccncc1Cl. The first-order chi connectivity index (χ1) is 9.25. The Labute approximate surface area is 116 Å². The van der Waals surface area contributed by atoms with Crippen molar-refractivity contribution < 1.29 is 4.74 Å². The zero-order chi connectivity index (χ0) is 13.2. The van der Waals surface area contributed by atoms with E-state index in [1.807, 2.05) is 23.9 Å². The van der Waals surface area contributed by atoms with Gasteiger partial charge in [0.15, 0.2) is 0 Å². The summed E-state index contributed by atoms with van der Waals surface area (Å²) in [6.45, 7) is 0.732. The molecule has 1 saturated heterocycles. The van der Waals surface area contributed by atoms with Gasteiger partial charge in [-0.25, -0.2) is 0 Å². The normalized spacial score (nSPS) is 22.6. The van der Waals surface area contributed by atoms with Crippen LogP contribution in [0.25, 0.3) is 0 Å². The third-order valence-electron chi connectivity index (χ3n) is 3.36. The lowest BCUT2D eigenvalue weighted by molar-refractivity contribution is 0.101. The van der Waals surface area contributed by atoms with Crippen molar-refractivity contribution in [3.05, 3.63) is 41.4 Å². The molecule has 0 saturated carbocycles. The predicted octanol–water partition coefficient (Wildman–Crippen LogP) is 2.41. The summed E-state index contributed by atoms with van der Waals surface area (Å²) >= 11 is 6.12. The minimum Gasteiger partial charge on any atom is -0.378 e. The van der Waals surface area contributed by atoms with Crippen molar-refractivity contribution in [2.75, 3.05) is 11.9 Å². The molecule has 1 aliphatic rings. The van der Waals surface area contributed by atoms with Gasteiger partial charge in [0.25, 0.3) is 0 Å². The molecule has 1 N–H and O–H groups in total. The van der Waals surface area contributed by atoms with Crippen molar-refractivity contribution in [3.63, 3.8) is 0 Å². The van der Waals surface area contributed by atoms with E-state index < -0.39 is 0 Å². The molecule has 3 heterocycles. The summed E-state index contributed by atoms with van der Waals surface area (Å²) < 4.78 is 7.67. The fourth-order valence-corrected chi connectivity index (χ4v) is 2.56. The predicted molar refractivity (Wildman–Crippen MR) is 73.2 cm³/mol. The summed E-state index contributed by atoms with van der Waals surface area (Å²) in [5, 5.41) is 8.25. The van der Waals surface area contributed by atoms with Crippen LogP contribution in [0.1, 0.15) is 18.2 Å². The number of hydrogen-bond acceptors (Lipinski definition) is 4. The highest BCUT2D eigenvalue weighted by Crippen LogP contribution is 2.32. The molecule has 3 rings (SSSR count). The van der Waals surface area contributed by atoms with Crippen molar-refractivity contribution in [3.8, 4) is 0 Å². The molecule has 1 fully saturated rings. The van der Waals surface area contributed by atoms with Crippen molar-refractivity contribution in [1.82, 2.24) is 14.8 Å². The summed E-state index contributed by atoms with van der Waals surface area (Å²) in [7, 11) is 1.92. The fraction of sp³-hybridized carbons (Fsp3) is 0.385. The minimum atomic E-state index is -0.00303. The molecule has 0 aromatic carbocycles. The van der Waals surface area contributed by atoms with E-state index in [0.29, 0.717) is 5.02 Å². The van der Waals surface area contributed by atoms with Gasteiger partial charge in [0, 0.05) is 32.2 Å². The molecular formula is C13H15ClN4O. The highest BCUT2D eigenvalue weighted by molar-refractivity contribution is 6.33. The van der Waals surface area contributed by atoms with Gasteiger partial charge in [-0.15, -0.1) is 0 Å². The van der Waals surface area contributed by atoms with Crippen LogP contribution < -0.4 is 5.32 Å². The van der Waals surface area contributed by atoms with Crippen LogP contribution in [0.5, 0.6) is 0 Å². The number of aromatic nitrogens is 3. The van der Waals surface area contributed by atoms with E-state index in [1.165, 1.54) is 0 Å². The Morgan fingerprint density at radius 1 is 1.42 bits per heavy atom. The van der Waals surface area contributed by atoms with Crippen LogP contribution in [-0.4, -0.2) is 27.4 Å². The van der Waals surface area contributed by atoms with Crippen LogP contribution in [0.3, 0.4) is 0 Å². The lowest BCUT2D eigenvalue weighted by Gasteiger charge is -2.21. The molecule has 0 amide bonds. The molecule has 100 valence electrons. The molecule has 2 aromatic rings. The second-order valence-corrected chi connectivity index (χ2v) is 4.97. The van der Waals surface area contributed by atoms with Crippen LogP contribution >= 0.6 is 11.6 Å². The van der Waals surface area contributed by atoms with Gasteiger partial charge in [0.05, 0.1) is 22.4 Å². The van der Waals surface area contributed by atoms with Crippen LogP contribution in [0.4, 0.5) is 5.69 Å². The van der Waals surface area contributed by atoms with E-state index in [2.05, 4.69) is 15.4 Å². The van der Waals surface area contributed by atoms with Crippen molar-refractivity contribution in [1.29, 1.82) is 0 Å². The van der Waals surface area contributed by atoms with Crippen LogP contribution in [0.15, 0.2) is 30.7 Å². The molecular weight excluding hydrogens is 264 g/mol. The lowest BCUT2D eigenvalue weighted by atomic mass is 10.1. The fourth-order valence-electron chi connectivity index (χ4n) is 2.38. The first kappa shape index (κ1) is 12.4. The number of hydrogen-bond donors (Lipinski definition) is 1. The van der Waals surface area contributed by atoms with E-state index in [-0.39, 0.29) is 12.1 Å². The first-order valence-corrected chi connectivity index (χ1v) is 6.59. The number of rotatable bonds is 3. The van der Waals surface area contributed by atoms with Crippen molar-refractivity contribution in [2.24, 2.45) is 7.05 Å². The monoisotopic (exact) mass is 278 g/mol. The van der Waals surface area contributed by atoms with Gasteiger partial charge in [-0.2, -0.15) is 5.10 Å². The first-order valence-electron chi connectivity index (χ1n) is 6.21. The zero-order valence-electron chi connectivity index (χ0n) is 10.6. The third kappa shape index (κ3) is 2.43. The van der Waals surface area contributed by atoms with Gasteiger partial charge < -0.3 is 10.1 Å². The Kier molecular flexibility index (Phi) is 3.40. The van der Waals surface area contributed by atoms with Gasteiger partial charge in [0.2, 0.25) is 0 Å². The number of pyridine rings is 1. The zero-order valence-corrected chi connectivity index (χ0v) is 11.3. The highest BCUT2D eigenvalue weighted by atomic mass is 35.5. The molecule has 0 radical (unpaired) electrons. The van der Waals surface area contributed by atoms with Crippen molar-refractivity contribution >= 4 is 17.3 Å². The minimum absolute atomic E-state index is 0.00303. The number of anilines is 1. The number of nitrogens with zero attached hydrogens (tertiary/aromatic N) is 3. The van der Waals surface area contributed by atoms with Crippen LogP contribution in [0, 0.1) is 0 Å². The summed E-state index contributed by atoms with van der Waals surface area (Å²) in [6.07, 6.45) is 6.08. The molecule has 1 aliphatic heterocycles. The Bertz CT molecular complexity index is 571. The number of nitrogens with one attached hydrogen (secondary N) is 1. The van der Waals surface area contributed by atoms with Gasteiger partial charge in [-0.05, 0) is 18.6 Å². The highest BCUT2D eigenvalue weighted by Gasteiger charge is 2.31. The Morgan fingerprint density at radius 3 is 3.05 bits per heavy atom. The standard InChI is InChI=1S/C13H15ClN4O/c1-18-12(3-6-16-18)13-11(4-7-19-13)17-10-2-5-15-8-9(10)14/h2-3,5-6,8,11,13H,4,7H2,1H3,(H,15,17)/t11-,13-/m0/s1. The van der Waals surface area contributed by atoms with E-state index >= 15 is 0 Å². The maximum Gasteiger partial charge on any atom is 0.119 e. The van der Waals surface area contributed by atoms with Crippen LogP contribution in [0.2, 0.25) is 5.02 Å². The van der Waals surface area contributed by atoms with Gasteiger partial charge in [0.1, 0.15) is 6.10 Å². The van der Waals surface area contributed by atoms with E-state index in [0.717, 1.165) is 24.4 Å². The Hall–Kier alpha value is -1.59. The largest absolute Gasteiger partial charge is 0.378 e. The summed E-state index contributed by atoms with van der Waals surface area (Å²) in [6, 6.07) is 4.05. The molecule has 2 aromatic heterocycles. The third-order valence-corrected chi connectivity index (χ3v) is 3.66. The average molecular weight is 279 g/mol. The molecule has 2 atom stereocenters. The maximum absolute atomic E-state index is 6.12. The summed E-state index contributed by atoms with van der Waals surface area (Å²) in [5.41, 5.74) is 1.96. The second kappa shape index (κ2) is 5.19. The smallest absolute Gasteiger partial charge is 0.119 e. The number of ether oxygens (including phenoxy) is 1. The quantitative estimate of drug-likeness (QED) is 0.937. The molecule has 0 unspecified atom stereocenters.